The van der Waals surface area contributed by atoms with Gasteiger partial charge in [-0.25, -0.2) is 0 Å². The van der Waals surface area contributed by atoms with E-state index in [1.807, 2.05) is 25.2 Å². The predicted molar refractivity (Wildman–Crippen MR) is 111 cm³/mol. The Bertz CT molecular complexity index is 717. The summed E-state index contributed by atoms with van der Waals surface area (Å²) in [7, 11) is 0. The van der Waals surface area contributed by atoms with Crippen LogP contribution in [0.15, 0.2) is 108 Å². The van der Waals surface area contributed by atoms with Gasteiger partial charge in [0.25, 0.3) is 0 Å². The quantitative estimate of drug-likeness (QED) is 0.560. The van der Waals surface area contributed by atoms with Gasteiger partial charge in [0, 0.05) is 5.92 Å². The van der Waals surface area contributed by atoms with E-state index in [4.69, 9.17) is 5.73 Å². The van der Waals surface area contributed by atoms with Crippen LogP contribution in [0.4, 0.5) is 0 Å². The van der Waals surface area contributed by atoms with Crippen LogP contribution in [-0.2, 0) is 0 Å². The van der Waals surface area contributed by atoms with Crippen molar-refractivity contribution in [1.82, 2.24) is 0 Å². The lowest BCUT2D eigenvalue weighted by molar-refractivity contribution is 0.733. The van der Waals surface area contributed by atoms with Crippen molar-refractivity contribution < 1.29 is 0 Å². The molecule has 2 unspecified atom stereocenters. The topological polar surface area (TPSA) is 26.0 Å². The van der Waals surface area contributed by atoms with E-state index in [-0.39, 0.29) is 0 Å². The van der Waals surface area contributed by atoms with Gasteiger partial charge in [-0.2, -0.15) is 0 Å². The molecule has 0 aromatic rings. The van der Waals surface area contributed by atoms with E-state index < -0.39 is 0 Å². The third-order valence-electron chi connectivity index (χ3n) is 4.42. The predicted octanol–water partition coefficient (Wildman–Crippen LogP) is 6.10. The summed E-state index contributed by atoms with van der Waals surface area (Å²) in [5.74, 6) is 0.836. The number of rotatable bonds is 7. The van der Waals surface area contributed by atoms with Gasteiger partial charge in [0.05, 0.1) is 0 Å². The fourth-order valence-electron chi connectivity index (χ4n) is 3.22. The van der Waals surface area contributed by atoms with Gasteiger partial charge in [0.2, 0.25) is 0 Å². The van der Waals surface area contributed by atoms with E-state index >= 15 is 0 Å². The molecule has 0 aromatic heterocycles. The Balaban J connectivity index is 2.32. The molecule has 2 aliphatic carbocycles. The Morgan fingerprint density at radius 3 is 2.76 bits per heavy atom. The van der Waals surface area contributed by atoms with E-state index in [0.717, 1.165) is 12.8 Å². The van der Waals surface area contributed by atoms with E-state index in [1.165, 1.54) is 22.3 Å². The molecule has 0 aromatic carbocycles. The number of hydrogen-bond donors (Lipinski definition) is 1. The van der Waals surface area contributed by atoms with E-state index in [0.29, 0.717) is 11.8 Å². The second-order valence-corrected chi connectivity index (χ2v) is 6.49. The normalized spacial score (nSPS) is 24.2. The van der Waals surface area contributed by atoms with Crippen molar-refractivity contribution in [1.29, 1.82) is 0 Å². The Morgan fingerprint density at radius 1 is 1.28 bits per heavy atom. The summed E-state index contributed by atoms with van der Waals surface area (Å²) in [6, 6.07) is 0. The zero-order chi connectivity index (χ0) is 18.1. The molecule has 0 fully saturated rings. The second kappa shape index (κ2) is 9.68. The lowest BCUT2D eigenvalue weighted by atomic mass is 9.82. The molecule has 1 heteroatoms. The molecular weight excluding hydrogens is 302 g/mol. The highest BCUT2D eigenvalue weighted by molar-refractivity contribution is 5.54. The van der Waals surface area contributed by atoms with Gasteiger partial charge in [-0.3, -0.25) is 0 Å². The smallest absolute Gasteiger partial charge is 0.00651 e. The summed E-state index contributed by atoms with van der Waals surface area (Å²) < 4.78 is 0. The molecule has 25 heavy (non-hydrogen) atoms. The number of nitrogens with two attached hydrogens (primary N) is 1. The third-order valence-corrected chi connectivity index (χ3v) is 4.42. The molecule has 0 amide bonds. The van der Waals surface area contributed by atoms with Gasteiger partial charge in [0.15, 0.2) is 0 Å². The summed E-state index contributed by atoms with van der Waals surface area (Å²) in [5, 5.41) is 0. The van der Waals surface area contributed by atoms with Crippen LogP contribution < -0.4 is 5.73 Å². The monoisotopic (exact) mass is 331 g/mol. The fraction of sp³-hybridized carbons (Fsp3) is 0.250. The van der Waals surface area contributed by atoms with Crippen molar-refractivity contribution in [2.45, 2.75) is 26.7 Å². The van der Waals surface area contributed by atoms with Crippen LogP contribution in [0.1, 0.15) is 26.7 Å². The average Bonchev–Trinajstić information content (AvgIpc) is 3.05. The highest BCUT2D eigenvalue weighted by Crippen LogP contribution is 2.35. The highest BCUT2D eigenvalue weighted by atomic mass is 14.5. The second-order valence-electron chi connectivity index (χ2n) is 6.49. The van der Waals surface area contributed by atoms with Crippen molar-refractivity contribution in [3.8, 4) is 0 Å². The largest absolute Gasteiger partial charge is 0.405 e. The molecule has 2 aliphatic rings. The van der Waals surface area contributed by atoms with Gasteiger partial charge >= 0.3 is 0 Å². The molecule has 0 spiro atoms. The molecule has 2 rings (SSSR count). The number of hydrogen-bond acceptors (Lipinski definition) is 1. The van der Waals surface area contributed by atoms with Crippen molar-refractivity contribution in [3.63, 3.8) is 0 Å². The Hall–Kier alpha value is -2.54. The van der Waals surface area contributed by atoms with Crippen LogP contribution in [0.3, 0.4) is 0 Å². The molecule has 0 saturated carbocycles. The molecular formula is C24H29N. The first kappa shape index (κ1) is 18.8. The Morgan fingerprint density at radius 2 is 2.12 bits per heavy atom. The molecule has 0 saturated heterocycles. The van der Waals surface area contributed by atoms with Crippen LogP contribution in [0.5, 0.6) is 0 Å². The molecule has 0 bridgehead atoms. The molecule has 2 atom stereocenters. The van der Waals surface area contributed by atoms with Gasteiger partial charge in [-0.1, -0.05) is 85.9 Å². The maximum Gasteiger partial charge on any atom is 0.00651 e. The maximum absolute atomic E-state index is 5.66. The SMILES string of the molecule is C=C/C=C(\C=C/N)C1C=C(C2=CC(C)C=C2)C=C(C/C=C\C=C/C)C1. The third kappa shape index (κ3) is 5.49. The summed E-state index contributed by atoms with van der Waals surface area (Å²) >= 11 is 0. The van der Waals surface area contributed by atoms with Gasteiger partial charge in [-0.05, 0) is 54.7 Å². The minimum absolute atomic E-state index is 0.327. The minimum atomic E-state index is 0.327. The van der Waals surface area contributed by atoms with Gasteiger partial charge in [0.1, 0.15) is 0 Å². The fourth-order valence-corrected chi connectivity index (χ4v) is 3.22. The first-order valence-electron chi connectivity index (χ1n) is 8.98. The number of allylic oxidation sites excluding steroid dienone is 16. The molecule has 2 N–H and O–H groups in total. The zero-order valence-corrected chi connectivity index (χ0v) is 15.4. The minimum Gasteiger partial charge on any atom is -0.405 e. The van der Waals surface area contributed by atoms with Crippen LogP contribution in [0.25, 0.3) is 0 Å². The summed E-state index contributed by atoms with van der Waals surface area (Å²) in [6.45, 7) is 8.10. The Labute approximate surface area is 152 Å². The molecule has 130 valence electrons. The van der Waals surface area contributed by atoms with Gasteiger partial charge < -0.3 is 5.73 Å². The van der Waals surface area contributed by atoms with Crippen molar-refractivity contribution >= 4 is 0 Å². The van der Waals surface area contributed by atoms with Gasteiger partial charge in [-0.15, -0.1) is 0 Å². The standard InChI is InChI=1S/C24H29N/c1-4-6-7-8-10-20-16-23(21(9-5-2)13-14-25)18-24(17-20)22-12-11-19(3)15-22/h4-9,11-15,17-19,23H,2,10,16,25H2,1,3H3/b6-4-,8-7-,14-13-,21-9+. The molecule has 0 aliphatic heterocycles. The van der Waals surface area contributed by atoms with Crippen LogP contribution >= 0.6 is 0 Å². The lowest BCUT2D eigenvalue weighted by Crippen LogP contribution is -2.08. The summed E-state index contributed by atoms with van der Waals surface area (Å²) in [5.41, 5.74) is 10.9. The summed E-state index contributed by atoms with van der Waals surface area (Å²) in [6.07, 6.45) is 29.5. The molecule has 0 radical (unpaired) electrons. The van der Waals surface area contributed by atoms with Crippen LogP contribution in [-0.4, -0.2) is 0 Å². The van der Waals surface area contributed by atoms with Crippen molar-refractivity contribution in [2.24, 2.45) is 17.6 Å². The summed E-state index contributed by atoms with van der Waals surface area (Å²) in [4.78, 5) is 0. The highest BCUT2D eigenvalue weighted by Gasteiger charge is 2.19. The first-order valence-corrected chi connectivity index (χ1v) is 8.98. The zero-order valence-electron chi connectivity index (χ0n) is 15.4. The van der Waals surface area contributed by atoms with Crippen LogP contribution in [0.2, 0.25) is 0 Å². The Kier molecular flexibility index (Phi) is 7.28. The van der Waals surface area contributed by atoms with E-state index in [9.17, 15) is 0 Å². The molecule has 1 nitrogen and oxygen atoms in total. The van der Waals surface area contributed by atoms with E-state index in [2.05, 4.69) is 68.2 Å². The van der Waals surface area contributed by atoms with Crippen molar-refractivity contribution in [2.75, 3.05) is 0 Å². The average molecular weight is 332 g/mol. The maximum atomic E-state index is 5.66. The lowest BCUT2D eigenvalue weighted by Gasteiger charge is -2.23. The van der Waals surface area contributed by atoms with Crippen LogP contribution in [0, 0.1) is 11.8 Å². The van der Waals surface area contributed by atoms with Crippen molar-refractivity contribution in [3.05, 3.63) is 108 Å². The first-order chi connectivity index (χ1) is 12.2. The molecule has 0 heterocycles. The van der Waals surface area contributed by atoms with E-state index in [1.54, 1.807) is 6.20 Å².